The van der Waals surface area contributed by atoms with Crippen LogP contribution in [0.4, 0.5) is 5.69 Å². The molecule has 1 aliphatic heterocycles. The number of thiophene rings is 1. The van der Waals surface area contributed by atoms with Crippen molar-refractivity contribution in [3.8, 4) is 5.75 Å². The van der Waals surface area contributed by atoms with Crippen LogP contribution >= 0.6 is 34.4 Å². The number of thiazole rings is 1. The number of anilines is 1. The summed E-state index contributed by atoms with van der Waals surface area (Å²) in [7, 11) is -2.63. The maximum Gasteiger partial charge on any atom is 0.263 e. The predicted octanol–water partition coefficient (Wildman–Crippen LogP) is 6.61. The van der Waals surface area contributed by atoms with Gasteiger partial charge in [0.25, 0.3) is 5.01 Å². The summed E-state index contributed by atoms with van der Waals surface area (Å²) in [6.45, 7) is 5.64. The largest absolute Gasteiger partial charge is 0.748 e. The second kappa shape index (κ2) is 10.8. The van der Waals surface area contributed by atoms with Gasteiger partial charge >= 0.3 is 0 Å². The van der Waals surface area contributed by atoms with Crippen LogP contribution in [0.25, 0.3) is 26.4 Å². The lowest BCUT2D eigenvalue weighted by Gasteiger charge is -2.21. The van der Waals surface area contributed by atoms with Crippen molar-refractivity contribution >= 4 is 76.6 Å². The van der Waals surface area contributed by atoms with Gasteiger partial charge in [-0.15, -0.1) is 11.3 Å². The first-order valence-corrected chi connectivity index (χ1v) is 16.2. The van der Waals surface area contributed by atoms with Crippen molar-refractivity contribution in [2.45, 2.75) is 38.1 Å². The fourth-order valence-corrected chi connectivity index (χ4v) is 8.21. The highest BCUT2D eigenvalue weighted by atomic mass is 32.2. The molecule has 37 heavy (non-hydrogen) atoms. The number of aromatic nitrogens is 1. The molecule has 0 amide bonds. The SMILES string of the molecule is CCC(/C=C1\Sc2ccc(OC)cc2N1CCCS(=O)(=O)[O-])=C\c1sc2ccc3sccc3c2[n+]1CC. The van der Waals surface area contributed by atoms with E-state index in [0.29, 0.717) is 6.54 Å². The number of fused-ring (bicyclic) bond motifs is 4. The Bertz CT molecular complexity index is 1630. The van der Waals surface area contributed by atoms with E-state index in [4.69, 9.17) is 4.74 Å². The van der Waals surface area contributed by atoms with Gasteiger partial charge in [0.1, 0.15) is 17.0 Å². The van der Waals surface area contributed by atoms with Crippen LogP contribution in [0.15, 0.2) is 63.4 Å². The van der Waals surface area contributed by atoms with Gasteiger partial charge in [-0.25, -0.2) is 8.42 Å². The van der Waals surface area contributed by atoms with E-state index in [1.54, 1.807) is 41.5 Å². The molecule has 3 heterocycles. The molecular formula is C27H28N2O4S4. The van der Waals surface area contributed by atoms with Crippen molar-refractivity contribution in [1.82, 2.24) is 0 Å². The molecule has 194 valence electrons. The minimum atomic E-state index is -4.26. The van der Waals surface area contributed by atoms with Gasteiger partial charge in [-0.2, -0.15) is 4.57 Å². The molecule has 6 nitrogen and oxygen atoms in total. The van der Waals surface area contributed by atoms with E-state index in [2.05, 4.69) is 59.0 Å². The quantitative estimate of drug-likeness (QED) is 0.166. The predicted molar refractivity (Wildman–Crippen MR) is 155 cm³/mol. The Morgan fingerprint density at radius 3 is 2.70 bits per heavy atom. The van der Waals surface area contributed by atoms with E-state index in [9.17, 15) is 13.0 Å². The lowest BCUT2D eigenvalue weighted by atomic mass is 10.2. The summed E-state index contributed by atoms with van der Waals surface area (Å²) in [6.07, 6.45) is 5.56. The van der Waals surface area contributed by atoms with Gasteiger partial charge in [-0.1, -0.05) is 30.0 Å². The number of hydrogen-bond acceptors (Lipinski definition) is 8. The second-order valence-electron chi connectivity index (χ2n) is 8.69. The van der Waals surface area contributed by atoms with E-state index in [1.165, 1.54) is 30.9 Å². The number of nitrogens with zero attached hydrogens (tertiary/aromatic N) is 2. The molecule has 2 aromatic heterocycles. The molecule has 4 aromatic rings. The van der Waals surface area contributed by atoms with E-state index in [-0.39, 0.29) is 12.2 Å². The fraction of sp³-hybridized carbons (Fsp3) is 0.296. The number of hydrogen-bond donors (Lipinski definition) is 0. The molecule has 0 spiro atoms. The van der Waals surface area contributed by atoms with E-state index in [0.717, 1.165) is 34.3 Å². The zero-order valence-electron chi connectivity index (χ0n) is 20.9. The number of ether oxygens (including phenoxy) is 1. The summed E-state index contributed by atoms with van der Waals surface area (Å²) < 4.78 is 44.1. The first-order chi connectivity index (χ1) is 17.8. The molecular weight excluding hydrogens is 545 g/mol. The Hall–Kier alpha value is -2.37. The zero-order valence-corrected chi connectivity index (χ0v) is 24.2. The number of methoxy groups -OCH3 is 1. The van der Waals surface area contributed by atoms with Gasteiger partial charge in [-0.05, 0) is 67.1 Å². The highest BCUT2D eigenvalue weighted by Crippen LogP contribution is 2.48. The molecule has 10 heteroatoms. The smallest absolute Gasteiger partial charge is 0.263 e. The Morgan fingerprint density at radius 2 is 1.97 bits per heavy atom. The first kappa shape index (κ1) is 26.2. The number of rotatable bonds is 9. The van der Waals surface area contributed by atoms with Crippen LogP contribution in [0.1, 0.15) is 31.7 Å². The van der Waals surface area contributed by atoms with Crippen molar-refractivity contribution in [3.05, 3.63) is 63.5 Å². The summed E-state index contributed by atoms with van der Waals surface area (Å²) in [5, 5.41) is 5.67. The van der Waals surface area contributed by atoms with Crippen molar-refractivity contribution in [2.24, 2.45) is 0 Å². The molecule has 0 radical (unpaired) electrons. The lowest BCUT2D eigenvalue weighted by Crippen LogP contribution is -2.33. The Labute approximate surface area is 229 Å². The molecule has 0 unspecified atom stereocenters. The topological polar surface area (TPSA) is 73.5 Å². The maximum absolute atomic E-state index is 11.2. The third-order valence-electron chi connectivity index (χ3n) is 6.38. The van der Waals surface area contributed by atoms with Crippen LogP contribution in [0.2, 0.25) is 0 Å². The van der Waals surface area contributed by atoms with Crippen LogP contribution in [0.5, 0.6) is 5.75 Å². The van der Waals surface area contributed by atoms with Crippen molar-refractivity contribution in [1.29, 1.82) is 0 Å². The number of thioether (sulfide) groups is 1. The van der Waals surface area contributed by atoms with Crippen LogP contribution in [-0.4, -0.2) is 32.4 Å². The standard InChI is InChI=1S/C27H28N2O4S4/c1-4-18(15-25-28(5-2)27-20-11-13-34-22(20)9-10-24(27)36-25)16-26-29(12-6-14-37(30,31)32)21-17-19(33-3)7-8-23(21)35-26/h7-11,13,15-17H,4-6,12,14H2,1-3H3. The summed E-state index contributed by atoms with van der Waals surface area (Å²) >= 11 is 5.22. The summed E-state index contributed by atoms with van der Waals surface area (Å²) in [4.78, 5) is 3.18. The van der Waals surface area contributed by atoms with Crippen LogP contribution in [0, 0.1) is 0 Å². The van der Waals surface area contributed by atoms with Gasteiger partial charge in [0.05, 0.1) is 33.3 Å². The minimum absolute atomic E-state index is 0.258. The molecule has 0 bridgehead atoms. The van der Waals surface area contributed by atoms with Gasteiger partial charge in [0.2, 0.25) is 5.52 Å². The fourth-order valence-electron chi connectivity index (χ4n) is 4.58. The molecule has 5 rings (SSSR count). The van der Waals surface area contributed by atoms with Gasteiger partial charge < -0.3 is 14.2 Å². The summed E-state index contributed by atoms with van der Waals surface area (Å²) in [6, 6.07) is 12.5. The Kier molecular flexibility index (Phi) is 7.65. The van der Waals surface area contributed by atoms with Gasteiger partial charge in [0, 0.05) is 34.0 Å². The van der Waals surface area contributed by atoms with Crippen LogP contribution in [0.3, 0.4) is 0 Å². The Balaban J connectivity index is 1.54. The van der Waals surface area contributed by atoms with Crippen LogP contribution < -0.4 is 14.2 Å². The van der Waals surface area contributed by atoms with E-state index >= 15 is 0 Å². The molecule has 2 aromatic carbocycles. The zero-order chi connectivity index (χ0) is 26.2. The number of allylic oxidation sites excluding steroid dienone is 2. The highest BCUT2D eigenvalue weighted by Gasteiger charge is 2.26. The first-order valence-electron chi connectivity index (χ1n) is 12.1. The third-order valence-corrected chi connectivity index (χ3v) is 10.3. The third kappa shape index (κ3) is 5.44. The maximum atomic E-state index is 11.2. The van der Waals surface area contributed by atoms with Crippen molar-refractivity contribution < 1.29 is 22.3 Å². The average Bonchev–Trinajstić information content (AvgIpc) is 3.57. The molecule has 0 N–H and O–H groups in total. The lowest BCUT2D eigenvalue weighted by molar-refractivity contribution is -0.664. The minimum Gasteiger partial charge on any atom is -0.748 e. The molecule has 0 saturated heterocycles. The molecule has 1 aliphatic rings. The average molecular weight is 573 g/mol. The molecule has 0 aliphatic carbocycles. The van der Waals surface area contributed by atoms with Gasteiger partial charge in [-0.3, -0.25) is 0 Å². The van der Waals surface area contributed by atoms with Crippen molar-refractivity contribution in [3.63, 3.8) is 0 Å². The summed E-state index contributed by atoms with van der Waals surface area (Å²) in [5.41, 5.74) is 3.44. The second-order valence-corrected chi connectivity index (χ2v) is 13.3. The summed E-state index contributed by atoms with van der Waals surface area (Å²) in [5.74, 6) is 0.356. The van der Waals surface area contributed by atoms with Crippen LogP contribution in [-0.2, 0) is 16.7 Å². The molecule has 0 fully saturated rings. The number of benzene rings is 2. The molecule has 0 atom stereocenters. The monoisotopic (exact) mass is 572 g/mol. The van der Waals surface area contributed by atoms with E-state index < -0.39 is 10.1 Å². The highest BCUT2D eigenvalue weighted by molar-refractivity contribution is 8.03. The normalized spacial score (nSPS) is 15.3. The van der Waals surface area contributed by atoms with Crippen molar-refractivity contribution in [2.75, 3.05) is 24.3 Å². The van der Waals surface area contributed by atoms with Gasteiger partial charge in [0.15, 0.2) is 0 Å². The van der Waals surface area contributed by atoms with E-state index in [1.807, 2.05) is 18.2 Å². The number of aryl methyl sites for hydroxylation is 1. The Morgan fingerprint density at radius 1 is 1.16 bits per heavy atom. The molecule has 0 saturated carbocycles.